The Labute approximate surface area is 114 Å². The van der Waals surface area contributed by atoms with Gasteiger partial charge in [0.1, 0.15) is 6.04 Å². The second-order valence-electron chi connectivity index (χ2n) is 4.80. The normalized spacial score (nSPS) is 18.0. The van der Waals surface area contributed by atoms with Gasteiger partial charge in [-0.15, -0.1) is 0 Å². The average molecular weight is 262 g/mol. The molecule has 1 N–H and O–H groups in total. The number of nitrogens with one attached hydrogen (secondary N) is 1. The quantitative estimate of drug-likeness (QED) is 0.835. The number of hydrogen-bond acceptors (Lipinski definition) is 4. The molecule has 1 fully saturated rings. The molecule has 2 rings (SSSR count). The van der Waals surface area contributed by atoms with E-state index in [9.17, 15) is 4.79 Å². The first-order valence-electron chi connectivity index (χ1n) is 6.91. The molecule has 1 unspecified atom stereocenters. The molecule has 0 radical (unpaired) electrons. The van der Waals surface area contributed by atoms with Crippen LogP contribution in [0.4, 0.5) is 0 Å². The predicted octanol–water partition coefficient (Wildman–Crippen LogP) is 1.50. The fourth-order valence-corrected chi connectivity index (χ4v) is 2.53. The molecule has 1 atom stereocenters. The van der Waals surface area contributed by atoms with E-state index in [1.165, 1.54) is 0 Å². The summed E-state index contributed by atoms with van der Waals surface area (Å²) in [6.45, 7) is 7.90. The SMILES string of the molecule is CCOC(=O)C(c1ccccc1C)N1CCNCC1. The van der Waals surface area contributed by atoms with Gasteiger partial charge in [0, 0.05) is 26.2 Å². The number of carbonyl (C=O) groups is 1. The third-order valence-corrected chi connectivity index (χ3v) is 3.51. The van der Waals surface area contributed by atoms with Crippen molar-refractivity contribution in [2.75, 3.05) is 32.8 Å². The van der Waals surface area contributed by atoms with Crippen molar-refractivity contribution in [3.8, 4) is 0 Å². The molecule has 0 aliphatic carbocycles. The Morgan fingerprint density at radius 2 is 2.05 bits per heavy atom. The summed E-state index contributed by atoms with van der Waals surface area (Å²) in [5.74, 6) is -0.140. The molecule has 1 aromatic rings. The number of aryl methyl sites for hydroxylation is 1. The maximum Gasteiger partial charge on any atom is 0.328 e. The molecule has 1 heterocycles. The summed E-state index contributed by atoms with van der Waals surface area (Å²) in [5, 5.41) is 3.31. The minimum Gasteiger partial charge on any atom is -0.465 e. The third kappa shape index (κ3) is 3.33. The standard InChI is InChI=1S/C15H22N2O2/c1-3-19-15(18)14(17-10-8-16-9-11-17)13-7-5-4-6-12(13)2/h4-7,14,16H,3,8-11H2,1-2H3. The van der Waals surface area contributed by atoms with Gasteiger partial charge in [-0.25, -0.2) is 4.79 Å². The van der Waals surface area contributed by atoms with Crippen molar-refractivity contribution >= 4 is 5.97 Å². The first kappa shape index (κ1) is 14.0. The zero-order valence-electron chi connectivity index (χ0n) is 11.7. The second-order valence-corrected chi connectivity index (χ2v) is 4.80. The van der Waals surface area contributed by atoms with Crippen LogP contribution in [0.1, 0.15) is 24.1 Å². The zero-order valence-corrected chi connectivity index (χ0v) is 11.7. The van der Waals surface area contributed by atoms with Crippen LogP contribution in [0.5, 0.6) is 0 Å². The number of rotatable bonds is 4. The highest BCUT2D eigenvalue weighted by molar-refractivity contribution is 5.78. The number of esters is 1. The van der Waals surface area contributed by atoms with Crippen LogP contribution < -0.4 is 5.32 Å². The lowest BCUT2D eigenvalue weighted by molar-refractivity contribution is -0.150. The largest absolute Gasteiger partial charge is 0.465 e. The Kier molecular flexibility index (Phi) is 4.93. The summed E-state index contributed by atoms with van der Waals surface area (Å²) in [7, 11) is 0. The van der Waals surface area contributed by atoms with Gasteiger partial charge in [0.2, 0.25) is 0 Å². The molecule has 0 spiro atoms. The molecule has 19 heavy (non-hydrogen) atoms. The highest BCUT2D eigenvalue weighted by Gasteiger charge is 2.30. The first-order chi connectivity index (χ1) is 9.24. The summed E-state index contributed by atoms with van der Waals surface area (Å²) < 4.78 is 5.27. The van der Waals surface area contributed by atoms with Crippen molar-refractivity contribution in [3.05, 3.63) is 35.4 Å². The molecule has 1 saturated heterocycles. The second kappa shape index (κ2) is 6.68. The van der Waals surface area contributed by atoms with Crippen molar-refractivity contribution in [2.24, 2.45) is 0 Å². The van der Waals surface area contributed by atoms with Crippen LogP contribution in [0, 0.1) is 6.92 Å². The van der Waals surface area contributed by atoms with Crippen molar-refractivity contribution < 1.29 is 9.53 Å². The molecule has 104 valence electrons. The van der Waals surface area contributed by atoms with E-state index in [0.717, 1.165) is 37.3 Å². The molecule has 0 amide bonds. The molecule has 4 heteroatoms. The van der Waals surface area contributed by atoms with Gasteiger partial charge < -0.3 is 10.1 Å². The van der Waals surface area contributed by atoms with E-state index >= 15 is 0 Å². The molecular formula is C15H22N2O2. The van der Waals surface area contributed by atoms with E-state index in [-0.39, 0.29) is 12.0 Å². The highest BCUT2D eigenvalue weighted by Crippen LogP contribution is 2.25. The summed E-state index contributed by atoms with van der Waals surface area (Å²) in [5.41, 5.74) is 2.20. The fraction of sp³-hybridized carbons (Fsp3) is 0.533. The minimum absolute atomic E-state index is 0.140. The average Bonchev–Trinajstić information content (AvgIpc) is 2.43. The van der Waals surface area contributed by atoms with E-state index in [4.69, 9.17) is 4.74 Å². The predicted molar refractivity (Wildman–Crippen MR) is 75.0 cm³/mol. The number of carbonyl (C=O) groups excluding carboxylic acids is 1. The Morgan fingerprint density at radius 1 is 1.37 bits per heavy atom. The van der Waals surface area contributed by atoms with Gasteiger partial charge in [0.05, 0.1) is 6.61 Å². The van der Waals surface area contributed by atoms with Gasteiger partial charge in [-0.05, 0) is 25.0 Å². The third-order valence-electron chi connectivity index (χ3n) is 3.51. The Morgan fingerprint density at radius 3 is 2.68 bits per heavy atom. The van der Waals surface area contributed by atoms with Crippen molar-refractivity contribution in [2.45, 2.75) is 19.9 Å². The molecule has 0 aromatic heterocycles. The molecule has 1 aromatic carbocycles. The molecular weight excluding hydrogens is 240 g/mol. The van der Waals surface area contributed by atoms with Crippen LogP contribution in [-0.2, 0) is 9.53 Å². The van der Waals surface area contributed by atoms with Gasteiger partial charge in [0.25, 0.3) is 0 Å². The maximum absolute atomic E-state index is 12.3. The van der Waals surface area contributed by atoms with Crippen LogP contribution in [0.15, 0.2) is 24.3 Å². The lowest BCUT2D eigenvalue weighted by atomic mass is 9.99. The monoisotopic (exact) mass is 262 g/mol. The molecule has 0 saturated carbocycles. The summed E-state index contributed by atoms with van der Waals surface area (Å²) in [6.07, 6.45) is 0. The van der Waals surface area contributed by atoms with E-state index in [1.54, 1.807) is 0 Å². The van der Waals surface area contributed by atoms with E-state index < -0.39 is 0 Å². The summed E-state index contributed by atoms with van der Waals surface area (Å²) >= 11 is 0. The minimum atomic E-state index is -0.275. The van der Waals surface area contributed by atoms with E-state index in [0.29, 0.717) is 6.61 Å². The van der Waals surface area contributed by atoms with Gasteiger partial charge in [-0.2, -0.15) is 0 Å². The molecule has 0 bridgehead atoms. The van der Waals surface area contributed by atoms with Gasteiger partial charge in [0.15, 0.2) is 0 Å². The van der Waals surface area contributed by atoms with E-state index in [2.05, 4.69) is 10.2 Å². The number of hydrogen-bond donors (Lipinski definition) is 1. The highest BCUT2D eigenvalue weighted by atomic mass is 16.5. The van der Waals surface area contributed by atoms with Crippen LogP contribution in [0.25, 0.3) is 0 Å². The number of ether oxygens (including phenoxy) is 1. The lowest BCUT2D eigenvalue weighted by Gasteiger charge is -2.34. The number of benzene rings is 1. The number of nitrogens with zero attached hydrogens (tertiary/aromatic N) is 1. The zero-order chi connectivity index (χ0) is 13.7. The van der Waals surface area contributed by atoms with Crippen LogP contribution in [0.3, 0.4) is 0 Å². The first-order valence-corrected chi connectivity index (χ1v) is 6.91. The lowest BCUT2D eigenvalue weighted by Crippen LogP contribution is -2.47. The van der Waals surface area contributed by atoms with Gasteiger partial charge in [-0.1, -0.05) is 24.3 Å². The molecule has 1 aliphatic heterocycles. The van der Waals surface area contributed by atoms with Crippen LogP contribution in [0.2, 0.25) is 0 Å². The summed E-state index contributed by atoms with van der Waals surface area (Å²) in [6, 6.07) is 7.78. The Bertz CT molecular complexity index is 428. The maximum atomic E-state index is 12.3. The molecule has 1 aliphatic rings. The van der Waals surface area contributed by atoms with Crippen LogP contribution in [-0.4, -0.2) is 43.7 Å². The Balaban J connectivity index is 2.28. The van der Waals surface area contributed by atoms with Crippen molar-refractivity contribution in [1.82, 2.24) is 10.2 Å². The smallest absolute Gasteiger partial charge is 0.328 e. The van der Waals surface area contributed by atoms with Crippen molar-refractivity contribution in [1.29, 1.82) is 0 Å². The fourth-order valence-electron chi connectivity index (χ4n) is 2.53. The molecule has 4 nitrogen and oxygen atoms in total. The number of piperazine rings is 1. The van der Waals surface area contributed by atoms with Gasteiger partial charge >= 0.3 is 5.97 Å². The topological polar surface area (TPSA) is 41.6 Å². The Hall–Kier alpha value is -1.39. The van der Waals surface area contributed by atoms with Gasteiger partial charge in [-0.3, -0.25) is 4.90 Å². The van der Waals surface area contributed by atoms with E-state index in [1.807, 2.05) is 38.1 Å². The van der Waals surface area contributed by atoms with Crippen LogP contribution >= 0.6 is 0 Å². The van der Waals surface area contributed by atoms with Crippen molar-refractivity contribution in [3.63, 3.8) is 0 Å². The summed E-state index contributed by atoms with van der Waals surface area (Å²) in [4.78, 5) is 14.5.